The van der Waals surface area contributed by atoms with Crippen molar-refractivity contribution in [1.29, 1.82) is 0 Å². The van der Waals surface area contributed by atoms with Gasteiger partial charge in [0.2, 0.25) is 5.91 Å². The molecule has 1 aromatic heterocycles. The van der Waals surface area contributed by atoms with E-state index in [0.29, 0.717) is 27.8 Å². The van der Waals surface area contributed by atoms with Crippen LogP contribution < -0.4 is 5.32 Å². The predicted octanol–water partition coefficient (Wildman–Crippen LogP) is 4.70. The summed E-state index contributed by atoms with van der Waals surface area (Å²) in [6, 6.07) is 17.8. The van der Waals surface area contributed by atoms with Crippen LogP contribution in [0.15, 0.2) is 76.2 Å². The van der Waals surface area contributed by atoms with Crippen LogP contribution in [0, 0.1) is 0 Å². The molecule has 0 atom stereocenters. The van der Waals surface area contributed by atoms with Gasteiger partial charge in [-0.25, -0.2) is 4.79 Å². The minimum atomic E-state index is -0.445. The van der Waals surface area contributed by atoms with E-state index in [0.717, 1.165) is 5.56 Å². The largest absolute Gasteiger partial charge is 0.467 e. The second kappa shape index (κ2) is 10.0. The van der Waals surface area contributed by atoms with E-state index >= 15 is 0 Å². The van der Waals surface area contributed by atoms with Crippen molar-refractivity contribution < 1.29 is 18.7 Å². The van der Waals surface area contributed by atoms with Gasteiger partial charge in [0.15, 0.2) is 0 Å². The first-order valence-electron chi connectivity index (χ1n) is 8.54. The van der Waals surface area contributed by atoms with E-state index in [1.54, 1.807) is 54.8 Å². The fraction of sp³-hybridized carbons (Fsp3) is 0.143. The summed E-state index contributed by atoms with van der Waals surface area (Å²) in [5.74, 6) is 0.269. The number of esters is 1. The molecule has 1 amide bonds. The van der Waals surface area contributed by atoms with Gasteiger partial charge in [-0.3, -0.25) is 4.79 Å². The second-order valence-corrected chi connectivity index (χ2v) is 7.30. The van der Waals surface area contributed by atoms with Gasteiger partial charge in [0.1, 0.15) is 12.4 Å². The van der Waals surface area contributed by atoms with Crippen LogP contribution in [0.25, 0.3) is 0 Å². The molecule has 7 heteroatoms. The third kappa shape index (κ3) is 5.90. The zero-order valence-corrected chi connectivity index (χ0v) is 16.5. The first kappa shape index (κ1) is 20.0. The lowest BCUT2D eigenvalue weighted by atomic mass is 10.2. The molecule has 5 nitrogen and oxygen atoms in total. The van der Waals surface area contributed by atoms with E-state index in [1.807, 2.05) is 12.1 Å². The van der Waals surface area contributed by atoms with Crippen molar-refractivity contribution >= 4 is 35.2 Å². The van der Waals surface area contributed by atoms with Crippen LogP contribution in [-0.2, 0) is 22.7 Å². The Kier molecular flexibility index (Phi) is 7.17. The number of furan rings is 1. The normalized spacial score (nSPS) is 10.5. The third-order valence-electron chi connectivity index (χ3n) is 3.76. The van der Waals surface area contributed by atoms with Crippen LogP contribution >= 0.6 is 23.4 Å². The lowest BCUT2D eigenvalue weighted by molar-refractivity contribution is -0.118. The predicted molar refractivity (Wildman–Crippen MR) is 108 cm³/mol. The van der Waals surface area contributed by atoms with Gasteiger partial charge in [-0.15, -0.1) is 11.8 Å². The lowest BCUT2D eigenvalue weighted by Crippen LogP contribution is -2.24. The Morgan fingerprint density at radius 3 is 2.71 bits per heavy atom. The molecule has 3 aromatic rings. The topological polar surface area (TPSA) is 68.5 Å². The standard InChI is InChI=1S/C21H18ClNO4S/c22-16-6-3-5-15(11-16)13-27-21(25)18-8-1-2-9-19(18)28-14-20(24)23-12-17-7-4-10-26-17/h1-11H,12-14H2,(H,23,24). The van der Waals surface area contributed by atoms with Crippen molar-refractivity contribution in [3.05, 3.63) is 88.8 Å². The van der Waals surface area contributed by atoms with Crippen molar-refractivity contribution in [3.8, 4) is 0 Å². The quantitative estimate of drug-likeness (QED) is 0.426. The molecule has 0 aliphatic rings. The molecule has 3 rings (SSSR count). The Balaban J connectivity index is 1.54. The maximum Gasteiger partial charge on any atom is 0.339 e. The molecular formula is C21H18ClNO4S. The van der Waals surface area contributed by atoms with Gasteiger partial charge < -0.3 is 14.5 Å². The monoisotopic (exact) mass is 415 g/mol. The van der Waals surface area contributed by atoms with Gasteiger partial charge in [0.05, 0.1) is 24.1 Å². The van der Waals surface area contributed by atoms with Crippen LogP contribution in [-0.4, -0.2) is 17.6 Å². The SMILES string of the molecule is O=C(CSc1ccccc1C(=O)OCc1cccc(Cl)c1)NCc1ccco1. The number of nitrogens with one attached hydrogen (secondary N) is 1. The third-order valence-corrected chi connectivity index (χ3v) is 5.07. The van der Waals surface area contributed by atoms with Crippen molar-refractivity contribution in [1.82, 2.24) is 5.32 Å². The molecule has 28 heavy (non-hydrogen) atoms. The summed E-state index contributed by atoms with van der Waals surface area (Å²) in [7, 11) is 0. The first-order chi connectivity index (χ1) is 13.6. The molecule has 0 radical (unpaired) electrons. The molecule has 144 valence electrons. The summed E-state index contributed by atoms with van der Waals surface area (Å²) >= 11 is 7.22. The minimum Gasteiger partial charge on any atom is -0.467 e. The molecule has 2 aromatic carbocycles. The summed E-state index contributed by atoms with van der Waals surface area (Å²) < 4.78 is 10.6. The molecule has 1 N–H and O–H groups in total. The molecule has 0 saturated heterocycles. The fourth-order valence-corrected chi connectivity index (χ4v) is 3.49. The Bertz CT molecular complexity index is 943. The molecule has 0 fully saturated rings. The number of amides is 1. The van der Waals surface area contributed by atoms with Crippen molar-refractivity contribution in [2.45, 2.75) is 18.0 Å². The van der Waals surface area contributed by atoms with E-state index in [1.165, 1.54) is 11.8 Å². The smallest absolute Gasteiger partial charge is 0.339 e. The number of thioether (sulfide) groups is 1. The Morgan fingerprint density at radius 1 is 1.07 bits per heavy atom. The Morgan fingerprint density at radius 2 is 1.93 bits per heavy atom. The highest BCUT2D eigenvalue weighted by Gasteiger charge is 2.14. The van der Waals surface area contributed by atoms with Crippen molar-refractivity contribution in [2.24, 2.45) is 0 Å². The van der Waals surface area contributed by atoms with Gasteiger partial charge in [-0.05, 0) is 42.0 Å². The Hall–Kier alpha value is -2.70. The van der Waals surface area contributed by atoms with Gasteiger partial charge in [-0.2, -0.15) is 0 Å². The maximum absolute atomic E-state index is 12.5. The van der Waals surface area contributed by atoms with E-state index in [4.69, 9.17) is 20.8 Å². The summed E-state index contributed by atoms with van der Waals surface area (Å²) in [5.41, 5.74) is 1.23. The number of carbonyl (C=O) groups excluding carboxylic acids is 2. The summed E-state index contributed by atoms with van der Waals surface area (Å²) in [4.78, 5) is 25.2. The molecule has 0 aliphatic heterocycles. The van der Waals surface area contributed by atoms with Gasteiger partial charge in [-0.1, -0.05) is 35.9 Å². The summed E-state index contributed by atoms with van der Waals surface area (Å²) in [6.45, 7) is 0.456. The fourth-order valence-electron chi connectivity index (χ4n) is 2.41. The first-order valence-corrected chi connectivity index (χ1v) is 9.90. The van der Waals surface area contributed by atoms with E-state index in [2.05, 4.69) is 5.32 Å². The van der Waals surface area contributed by atoms with Crippen LogP contribution in [0.5, 0.6) is 0 Å². The summed E-state index contributed by atoms with van der Waals surface area (Å²) in [5, 5.41) is 3.36. The number of carbonyl (C=O) groups is 2. The molecule has 0 saturated carbocycles. The lowest BCUT2D eigenvalue weighted by Gasteiger charge is -2.10. The number of halogens is 1. The number of rotatable bonds is 8. The average Bonchev–Trinajstić information content (AvgIpc) is 3.23. The van der Waals surface area contributed by atoms with Crippen LogP contribution in [0.2, 0.25) is 5.02 Å². The van der Waals surface area contributed by atoms with E-state index < -0.39 is 5.97 Å². The molecule has 0 unspecified atom stereocenters. The second-order valence-electron chi connectivity index (χ2n) is 5.85. The zero-order valence-electron chi connectivity index (χ0n) is 14.9. The Labute approximate surface area is 172 Å². The maximum atomic E-state index is 12.5. The molecule has 0 bridgehead atoms. The molecule has 0 spiro atoms. The van der Waals surface area contributed by atoms with E-state index in [-0.39, 0.29) is 18.3 Å². The highest BCUT2D eigenvalue weighted by molar-refractivity contribution is 8.00. The molecular weight excluding hydrogens is 398 g/mol. The van der Waals surface area contributed by atoms with Gasteiger partial charge in [0, 0.05) is 9.92 Å². The van der Waals surface area contributed by atoms with Crippen molar-refractivity contribution in [3.63, 3.8) is 0 Å². The zero-order chi connectivity index (χ0) is 19.8. The number of benzene rings is 2. The van der Waals surface area contributed by atoms with Gasteiger partial charge in [0.25, 0.3) is 0 Å². The highest BCUT2D eigenvalue weighted by Crippen LogP contribution is 2.24. The number of hydrogen-bond donors (Lipinski definition) is 1. The van der Waals surface area contributed by atoms with Crippen LogP contribution in [0.3, 0.4) is 0 Å². The highest BCUT2D eigenvalue weighted by atomic mass is 35.5. The van der Waals surface area contributed by atoms with Crippen LogP contribution in [0.4, 0.5) is 0 Å². The van der Waals surface area contributed by atoms with Crippen molar-refractivity contribution in [2.75, 3.05) is 5.75 Å². The number of hydrogen-bond acceptors (Lipinski definition) is 5. The van der Waals surface area contributed by atoms with E-state index in [9.17, 15) is 9.59 Å². The average molecular weight is 416 g/mol. The minimum absolute atomic E-state index is 0.127. The molecule has 1 heterocycles. The number of ether oxygens (including phenoxy) is 1. The van der Waals surface area contributed by atoms with Crippen LogP contribution in [0.1, 0.15) is 21.7 Å². The summed E-state index contributed by atoms with van der Waals surface area (Å²) in [6.07, 6.45) is 1.56. The van der Waals surface area contributed by atoms with Gasteiger partial charge >= 0.3 is 5.97 Å². The molecule has 0 aliphatic carbocycles.